The van der Waals surface area contributed by atoms with Crippen LogP contribution < -0.4 is 0 Å². The van der Waals surface area contributed by atoms with Crippen LogP contribution in [0.1, 0.15) is 68.4 Å². The van der Waals surface area contributed by atoms with Gasteiger partial charge in [0.15, 0.2) is 0 Å². The summed E-state index contributed by atoms with van der Waals surface area (Å²) in [4.78, 5) is 0. The van der Waals surface area contributed by atoms with Gasteiger partial charge < -0.3 is 0 Å². The first-order chi connectivity index (χ1) is 20.2. The van der Waals surface area contributed by atoms with Crippen LogP contribution >= 0.6 is 0 Å². The van der Waals surface area contributed by atoms with E-state index >= 15 is 0 Å². The topological polar surface area (TPSA) is 0 Å². The predicted octanol–water partition coefficient (Wildman–Crippen LogP) is 12.4. The minimum absolute atomic E-state index is 0.294. The summed E-state index contributed by atoms with van der Waals surface area (Å²) in [5.74, 6) is 0.533. The number of aryl methyl sites for hydroxylation is 2. The molecule has 1 heteroatoms. The molecular weight excluding hydrogens is 683 g/mol. The van der Waals surface area contributed by atoms with E-state index in [-0.39, 0.29) is 0 Å². The molecule has 4 aromatic rings. The second-order valence-corrected chi connectivity index (χ2v) is 70.8. The number of hydrogen-bond acceptors (Lipinski definition) is 0. The van der Waals surface area contributed by atoms with Crippen LogP contribution in [0, 0.1) is 5.92 Å². The van der Waals surface area contributed by atoms with E-state index in [0.29, 0.717) is 13.3 Å². The van der Waals surface area contributed by atoms with Gasteiger partial charge >= 0.3 is 256 Å². The van der Waals surface area contributed by atoms with E-state index < -0.39 is 15.1 Å². The summed E-state index contributed by atoms with van der Waals surface area (Å²) in [6.07, 6.45) is 12.1. The van der Waals surface area contributed by atoms with Gasteiger partial charge in [-0.3, -0.25) is 0 Å². The molecule has 2 unspecified atom stereocenters. The zero-order chi connectivity index (χ0) is 30.7. The molecule has 0 saturated heterocycles. The zero-order valence-corrected chi connectivity index (χ0v) is 31.0. The molecule has 0 fully saturated rings. The average Bonchev–Trinajstić information content (AvgIpc) is 3.63. The number of allylic oxidation sites excluding steroid dienone is 2. The molecule has 222 valence electrons. The molecule has 0 N–H and O–H groups in total. The SMILES string of the molecule is [CH2]=[Hf]([CH3])([CH3])([CH3])([CH2]C(C)C)([CH]1C=Cc2c(-c3ccccc3CC)cccc21)[CH]1C=Cc2c(-c3ccccc3CC)cccc21. The molecule has 0 aromatic heterocycles. The van der Waals surface area contributed by atoms with E-state index in [4.69, 9.17) is 4.26 Å². The predicted molar refractivity (Wildman–Crippen MR) is 190 cm³/mol. The van der Waals surface area contributed by atoms with Crippen LogP contribution in [0.5, 0.6) is 0 Å². The number of fused-ring (bicyclic) bond motifs is 2. The summed E-state index contributed by atoms with van der Waals surface area (Å²) < 4.78 is 15.6. The Morgan fingerprint density at radius 3 is 1.37 bits per heavy atom. The first kappa shape index (κ1) is 30.1. The Balaban J connectivity index is 1.59. The maximum absolute atomic E-state index is 5.74. The summed E-state index contributed by atoms with van der Waals surface area (Å²) in [5, 5.41) is 0. The van der Waals surface area contributed by atoms with E-state index in [9.17, 15) is 0 Å². The van der Waals surface area contributed by atoms with E-state index in [0.717, 1.165) is 17.0 Å². The van der Waals surface area contributed by atoms with Gasteiger partial charge in [-0.25, -0.2) is 0 Å². The Hall–Kier alpha value is -2.90. The Kier molecular flexibility index (Phi) is 6.52. The molecule has 0 nitrogen and oxygen atoms in total. The first-order valence-corrected chi connectivity index (χ1v) is 36.6. The fraction of sp³-hybridized carbons (Fsp3) is 0.310. The molecule has 0 bridgehead atoms. The van der Waals surface area contributed by atoms with Crippen molar-refractivity contribution in [3.63, 3.8) is 0 Å². The number of benzene rings is 4. The van der Waals surface area contributed by atoms with Crippen molar-refractivity contribution >= 4 is 16.4 Å². The van der Waals surface area contributed by atoms with Gasteiger partial charge in [-0.2, -0.15) is 0 Å². The van der Waals surface area contributed by atoms with Crippen LogP contribution in [0.25, 0.3) is 34.4 Å². The van der Waals surface area contributed by atoms with Crippen molar-refractivity contribution in [1.29, 1.82) is 0 Å². The number of hydrogen-bond donors (Lipinski definition) is 0. The molecule has 0 spiro atoms. The van der Waals surface area contributed by atoms with Crippen LogP contribution in [0.15, 0.2) is 97.1 Å². The molecule has 43 heavy (non-hydrogen) atoms. The molecule has 2 aliphatic rings. The molecule has 2 aliphatic carbocycles. The van der Waals surface area contributed by atoms with Crippen LogP contribution in [0.3, 0.4) is 0 Å². The summed E-state index contributed by atoms with van der Waals surface area (Å²) >= 11 is -5.24. The van der Waals surface area contributed by atoms with Gasteiger partial charge in [-0.1, -0.05) is 0 Å². The monoisotopic (exact) mass is 734 g/mol. The Bertz CT molecular complexity index is 1810. The summed E-state index contributed by atoms with van der Waals surface area (Å²) in [5.41, 5.74) is 14.0. The second-order valence-electron chi connectivity index (χ2n) is 17.5. The van der Waals surface area contributed by atoms with Crippen LogP contribution in [0.4, 0.5) is 0 Å². The zero-order valence-electron chi connectivity index (χ0n) is 27.5. The Morgan fingerprint density at radius 1 is 0.581 bits per heavy atom. The van der Waals surface area contributed by atoms with Gasteiger partial charge in [0.1, 0.15) is 0 Å². The van der Waals surface area contributed by atoms with Gasteiger partial charge in [-0.15, -0.1) is 0 Å². The molecule has 0 heterocycles. The third-order valence-corrected chi connectivity index (χ3v) is 47.7. The van der Waals surface area contributed by atoms with Gasteiger partial charge in [0.05, 0.1) is 0 Å². The van der Waals surface area contributed by atoms with Gasteiger partial charge in [-0.05, 0) is 0 Å². The average molecular weight is 733 g/mol. The van der Waals surface area contributed by atoms with E-state index in [2.05, 4.69) is 151 Å². The van der Waals surface area contributed by atoms with Crippen molar-refractivity contribution < 1.29 is 15.1 Å². The minimum atomic E-state index is -5.24. The molecule has 4 aromatic carbocycles. The Morgan fingerprint density at radius 2 is 0.977 bits per heavy atom. The van der Waals surface area contributed by atoms with Crippen LogP contribution in [0.2, 0.25) is 18.2 Å². The second kappa shape index (κ2) is 9.31. The first-order valence-electron chi connectivity index (χ1n) is 16.6. The molecule has 0 radical (unpaired) electrons. The van der Waals surface area contributed by atoms with Crippen LogP contribution in [-0.2, 0) is 27.9 Å². The summed E-state index contributed by atoms with van der Waals surface area (Å²) in [6.45, 7) is 9.36. The van der Waals surface area contributed by atoms with E-state index in [1.807, 2.05) is 0 Å². The summed E-state index contributed by atoms with van der Waals surface area (Å²) in [7, 11) is 0. The van der Waals surface area contributed by atoms with E-state index in [1.165, 1.54) is 55.6 Å². The van der Waals surface area contributed by atoms with Crippen molar-refractivity contribution in [3.8, 4) is 22.3 Å². The maximum atomic E-state index is 5.74. The van der Waals surface area contributed by atoms with E-state index in [1.54, 1.807) is 0 Å². The fourth-order valence-electron chi connectivity index (χ4n) is 10.3. The molecule has 2 atom stereocenters. The van der Waals surface area contributed by atoms with Crippen LogP contribution in [-0.4, -0.2) is 4.26 Å². The van der Waals surface area contributed by atoms with Crippen molar-refractivity contribution in [2.24, 2.45) is 5.92 Å². The fourth-order valence-corrected chi connectivity index (χ4v) is 48.3. The molecule has 0 saturated carbocycles. The molecular formula is C42H50Hf. The Labute approximate surface area is 254 Å². The van der Waals surface area contributed by atoms with Crippen molar-refractivity contribution in [1.82, 2.24) is 0 Å². The third kappa shape index (κ3) is 4.52. The molecule has 0 amide bonds. The van der Waals surface area contributed by atoms with Crippen molar-refractivity contribution in [2.75, 3.05) is 0 Å². The molecule has 0 aliphatic heterocycles. The van der Waals surface area contributed by atoms with Gasteiger partial charge in [0.25, 0.3) is 0 Å². The van der Waals surface area contributed by atoms with Gasteiger partial charge in [0, 0.05) is 0 Å². The standard InChI is InChI=1S/2C17H15.C4H9.3CH3.CH2.Hf/c2*1-2-13-7-3-4-10-15(13)17-12-6-9-14-8-5-11-16(14)17;1-4(2)3;;;;;/h2*3-12H,2H2,1H3;4H,1H2,2-3H3;3*1H3;1H2;. The van der Waals surface area contributed by atoms with Crippen molar-refractivity contribution in [2.45, 2.75) is 66.1 Å². The quantitative estimate of drug-likeness (QED) is 0.158. The van der Waals surface area contributed by atoms with Crippen molar-refractivity contribution in [3.05, 3.63) is 130 Å². The molecule has 6 rings (SSSR count). The number of rotatable bonds is 8. The third-order valence-electron chi connectivity index (χ3n) is 11.7. The summed E-state index contributed by atoms with van der Waals surface area (Å²) in [6, 6.07) is 32.0. The normalized spacial score (nSPS) is 19.9. The van der Waals surface area contributed by atoms with Gasteiger partial charge in [0.2, 0.25) is 0 Å².